The summed E-state index contributed by atoms with van der Waals surface area (Å²) in [6.45, 7) is 4.36. The molecule has 1 aliphatic heterocycles. The molecular weight excluding hydrogens is 477 g/mol. The van der Waals surface area contributed by atoms with Crippen LogP contribution in [0.2, 0.25) is 10.0 Å². The van der Waals surface area contributed by atoms with Gasteiger partial charge in [0.1, 0.15) is 6.04 Å². The van der Waals surface area contributed by atoms with Crippen LogP contribution in [-0.4, -0.2) is 52.6 Å². The van der Waals surface area contributed by atoms with E-state index in [1.807, 2.05) is 6.92 Å². The largest absolute Gasteiger partial charge is 0.354 e. The van der Waals surface area contributed by atoms with Gasteiger partial charge in [-0.2, -0.15) is 0 Å². The minimum atomic E-state index is -0.731. The molecule has 1 N–H and O–H groups in total. The van der Waals surface area contributed by atoms with E-state index in [9.17, 15) is 19.2 Å². The molecular formula is C25H27Cl2N3O4. The smallest absolute Gasteiger partial charge is 0.261 e. The van der Waals surface area contributed by atoms with Gasteiger partial charge in [-0.3, -0.25) is 24.1 Å². The summed E-state index contributed by atoms with van der Waals surface area (Å²) in [6, 6.07) is 10.9. The van der Waals surface area contributed by atoms with Crippen molar-refractivity contribution in [1.82, 2.24) is 15.1 Å². The minimum Gasteiger partial charge on any atom is -0.354 e. The number of benzene rings is 2. The molecule has 180 valence electrons. The SMILES string of the molecule is CCCNC(=O)[C@@H](C)N(Cc1ccc(Cl)cc1Cl)C(=O)CCCN1C(=O)c2ccccc2C1=O. The lowest BCUT2D eigenvalue weighted by molar-refractivity contribution is -0.140. The van der Waals surface area contributed by atoms with Crippen LogP contribution in [0.3, 0.4) is 0 Å². The Kier molecular flexibility index (Phi) is 8.69. The van der Waals surface area contributed by atoms with Crippen molar-refractivity contribution in [3.05, 3.63) is 69.2 Å². The maximum Gasteiger partial charge on any atom is 0.261 e. The lowest BCUT2D eigenvalue weighted by atomic mass is 10.1. The highest BCUT2D eigenvalue weighted by Gasteiger charge is 2.35. The molecule has 0 unspecified atom stereocenters. The number of rotatable bonds is 10. The van der Waals surface area contributed by atoms with Crippen LogP contribution in [0.25, 0.3) is 0 Å². The van der Waals surface area contributed by atoms with Gasteiger partial charge in [0.05, 0.1) is 11.1 Å². The number of carbonyl (C=O) groups is 4. The van der Waals surface area contributed by atoms with E-state index < -0.39 is 6.04 Å². The molecule has 9 heteroatoms. The number of fused-ring (bicyclic) bond motifs is 1. The average Bonchev–Trinajstić information content (AvgIpc) is 3.06. The molecule has 1 heterocycles. The highest BCUT2D eigenvalue weighted by Crippen LogP contribution is 2.25. The molecule has 2 aromatic carbocycles. The van der Waals surface area contributed by atoms with Crippen molar-refractivity contribution < 1.29 is 19.2 Å². The lowest BCUT2D eigenvalue weighted by Crippen LogP contribution is -2.48. The maximum atomic E-state index is 13.2. The molecule has 4 amide bonds. The number of amides is 4. The molecule has 34 heavy (non-hydrogen) atoms. The molecule has 1 atom stereocenters. The summed E-state index contributed by atoms with van der Waals surface area (Å²) in [5.74, 6) is -1.25. The van der Waals surface area contributed by atoms with Gasteiger partial charge in [0, 0.05) is 36.1 Å². The second-order valence-corrected chi connectivity index (χ2v) is 8.98. The van der Waals surface area contributed by atoms with Crippen molar-refractivity contribution in [2.24, 2.45) is 0 Å². The van der Waals surface area contributed by atoms with Crippen LogP contribution in [0.1, 0.15) is 59.4 Å². The van der Waals surface area contributed by atoms with E-state index >= 15 is 0 Å². The predicted octanol–water partition coefficient (Wildman–Crippen LogP) is 4.31. The van der Waals surface area contributed by atoms with Gasteiger partial charge in [0.2, 0.25) is 11.8 Å². The van der Waals surface area contributed by atoms with Crippen LogP contribution in [-0.2, 0) is 16.1 Å². The third-order valence-electron chi connectivity index (χ3n) is 5.72. The van der Waals surface area contributed by atoms with E-state index in [0.29, 0.717) is 33.3 Å². The molecule has 0 saturated heterocycles. The summed E-state index contributed by atoms with van der Waals surface area (Å²) in [5, 5.41) is 3.69. The van der Waals surface area contributed by atoms with Crippen molar-refractivity contribution in [2.45, 2.75) is 45.7 Å². The summed E-state index contributed by atoms with van der Waals surface area (Å²) in [6.07, 6.45) is 1.11. The van der Waals surface area contributed by atoms with Crippen LogP contribution >= 0.6 is 23.2 Å². The second kappa shape index (κ2) is 11.5. The molecule has 0 aromatic heterocycles. The van der Waals surface area contributed by atoms with E-state index in [4.69, 9.17) is 23.2 Å². The normalized spacial score (nSPS) is 13.6. The van der Waals surface area contributed by atoms with Crippen molar-refractivity contribution in [1.29, 1.82) is 0 Å². The van der Waals surface area contributed by atoms with Crippen molar-refractivity contribution in [3.8, 4) is 0 Å². The van der Waals surface area contributed by atoms with Gasteiger partial charge in [-0.05, 0) is 49.6 Å². The molecule has 0 fully saturated rings. The van der Waals surface area contributed by atoms with Gasteiger partial charge in [-0.15, -0.1) is 0 Å². The lowest BCUT2D eigenvalue weighted by Gasteiger charge is -2.29. The second-order valence-electron chi connectivity index (χ2n) is 8.14. The van der Waals surface area contributed by atoms with Crippen LogP contribution in [0.4, 0.5) is 0 Å². The molecule has 0 spiro atoms. The predicted molar refractivity (Wildman–Crippen MR) is 131 cm³/mol. The monoisotopic (exact) mass is 503 g/mol. The first kappa shape index (κ1) is 25.7. The summed E-state index contributed by atoms with van der Waals surface area (Å²) in [7, 11) is 0. The van der Waals surface area contributed by atoms with Gasteiger partial charge >= 0.3 is 0 Å². The quantitative estimate of drug-likeness (QED) is 0.489. The first-order valence-electron chi connectivity index (χ1n) is 11.2. The first-order valence-corrected chi connectivity index (χ1v) is 12.0. The number of hydrogen-bond acceptors (Lipinski definition) is 4. The Hall–Kier alpha value is -2.90. The molecule has 0 aliphatic carbocycles. The molecule has 7 nitrogen and oxygen atoms in total. The summed E-state index contributed by atoms with van der Waals surface area (Å²) >= 11 is 12.3. The molecule has 3 rings (SSSR count). The Labute approximate surface area is 209 Å². The van der Waals surface area contributed by atoms with E-state index in [1.165, 1.54) is 4.90 Å². The van der Waals surface area contributed by atoms with Crippen molar-refractivity contribution in [3.63, 3.8) is 0 Å². The number of imide groups is 1. The highest BCUT2D eigenvalue weighted by atomic mass is 35.5. The van der Waals surface area contributed by atoms with Gasteiger partial charge in [-0.25, -0.2) is 0 Å². The summed E-state index contributed by atoms with van der Waals surface area (Å²) in [5.41, 5.74) is 1.41. The Balaban J connectivity index is 1.69. The highest BCUT2D eigenvalue weighted by molar-refractivity contribution is 6.35. The van der Waals surface area contributed by atoms with Gasteiger partial charge < -0.3 is 10.2 Å². The van der Waals surface area contributed by atoms with Crippen LogP contribution in [0, 0.1) is 0 Å². The molecule has 2 aromatic rings. The average molecular weight is 504 g/mol. The van der Waals surface area contributed by atoms with E-state index in [-0.39, 0.29) is 49.6 Å². The molecule has 0 saturated carbocycles. The number of hydrogen-bond donors (Lipinski definition) is 1. The van der Waals surface area contributed by atoms with Crippen LogP contribution in [0.5, 0.6) is 0 Å². The summed E-state index contributed by atoms with van der Waals surface area (Å²) in [4.78, 5) is 53.5. The number of nitrogens with zero attached hydrogens (tertiary/aromatic N) is 2. The third-order valence-corrected chi connectivity index (χ3v) is 6.31. The topological polar surface area (TPSA) is 86.8 Å². The van der Waals surface area contributed by atoms with E-state index in [0.717, 1.165) is 11.3 Å². The van der Waals surface area contributed by atoms with Gasteiger partial charge in [0.15, 0.2) is 0 Å². The van der Waals surface area contributed by atoms with E-state index in [1.54, 1.807) is 49.4 Å². The standard InChI is InChI=1S/C25H27Cl2N3O4/c1-3-12-28-23(32)16(2)30(15-17-10-11-18(26)14-21(17)27)22(31)9-6-13-29-24(33)19-7-4-5-8-20(19)25(29)34/h4-5,7-8,10-11,14,16H,3,6,9,12-13,15H2,1-2H3,(H,28,32)/t16-/m1/s1. The number of nitrogens with one attached hydrogen (secondary N) is 1. The first-order chi connectivity index (χ1) is 16.2. The Morgan fingerprint density at radius 3 is 2.29 bits per heavy atom. The Bertz CT molecular complexity index is 1070. The zero-order valence-corrected chi connectivity index (χ0v) is 20.7. The molecule has 1 aliphatic rings. The van der Waals surface area contributed by atoms with Crippen LogP contribution < -0.4 is 5.32 Å². The third kappa shape index (κ3) is 5.77. The summed E-state index contributed by atoms with van der Waals surface area (Å²) < 4.78 is 0. The number of carbonyl (C=O) groups excluding carboxylic acids is 4. The van der Waals surface area contributed by atoms with Crippen LogP contribution in [0.15, 0.2) is 42.5 Å². The Morgan fingerprint density at radius 1 is 1.06 bits per heavy atom. The zero-order valence-electron chi connectivity index (χ0n) is 19.1. The van der Waals surface area contributed by atoms with Gasteiger partial charge in [0.25, 0.3) is 11.8 Å². The Morgan fingerprint density at radius 2 is 1.71 bits per heavy atom. The number of halogens is 2. The minimum absolute atomic E-state index is 0.0595. The fraction of sp³-hybridized carbons (Fsp3) is 0.360. The fourth-order valence-electron chi connectivity index (χ4n) is 3.79. The van der Waals surface area contributed by atoms with E-state index in [2.05, 4.69) is 5.32 Å². The molecule has 0 bridgehead atoms. The zero-order chi connectivity index (χ0) is 24.8. The van der Waals surface area contributed by atoms with Gasteiger partial charge in [-0.1, -0.05) is 48.3 Å². The maximum absolute atomic E-state index is 13.2. The van der Waals surface area contributed by atoms with Crippen molar-refractivity contribution in [2.75, 3.05) is 13.1 Å². The fourth-order valence-corrected chi connectivity index (χ4v) is 4.25. The van der Waals surface area contributed by atoms with Crippen molar-refractivity contribution >= 4 is 46.8 Å². The molecule has 0 radical (unpaired) electrons.